The van der Waals surface area contributed by atoms with Gasteiger partial charge in [-0.05, 0) is 19.1 Å². The molecule has 0 amide bonds. The molecule has 1 aromatic rings. The molecule has 13 heavy (non-hydrogen) atoms. The van der Waals surface area contributed by atoms with Crippen molar-refractivity contribution in [2.24, 2.45) is 0 Å². The molecule has 0 bridgehead atoms. The van der Waals surface area contributed by atoms with Crippen LogP contribution in [0.5, 0.6) is 0 Å². The Morgan fingerprint density at radius 2 is 2.15 bits per heavy atom. The Labute approximate surface area is 80.1 Å². The van der Waals surface area contributed by atoms with Crippen LogP contribution in [-0.4, -0.2) is 16.9 Å². The molecule has 0 spiro atoms. The smallest absolute Gasteiger partial charge is 0.264 e. The summed E-state index contributed by atoms with van der Waals surface area (Å²) in [6, 6.07) is 9.85. The lowest BCUT2D eigenvalue weighted by Gasteiger charge is -2.18. The molecule has 1 heterocycles. The lowest BCUT2D eigenvalue weighted by atomic mass is 10.3. The third-order valence-corrected chi connectivity index (χ3v) is 3.21. The molecule has 2 rings (SSSR count). The second-order valence-electron chi connectivity index (χ2n) is 3.01. The number of rotatable bonds is 1. The molecule has 3 nitrogen and oxygen atoms in total. The van der Waals surface area contributed by atoms with Gasteiger partial charge in [0.05, 0.1) is 18.3 Å². The van der Waals surface area contributed by atoms with Crippen LogP contribution in [0.4, 0.5) is 5.69 Å². The Morgan fingerprint density at radius 1 is 1.46 bits per heavy atom. The first-order valence-corrected chi connectivity index (χ1v) is 5.21. The Balaban J connectivity index is 2.30. The molecule has 0 saturated carbocycles. The molecule has 0 aliphatic carbocycles. The van der Waals surface area contributed by atoms with Crippen molar-refractivity contribution in [3.63, 3.8) is 0 Å². The fourth-order valence-corrected chi connectivity index (χ4v) is 2.42. The lowest BCUT2D eigenvalue weighted by Crippen LogP contribution is -2.28. The normalized spacial score (nSPS) is 27.9. The number of nitrogens with zero attached hydrogens (tertiary/aromatic N) is 1. The number of anilines is 1. The molecule has 1 aromatic carbocycles. The number of para-hydroxylation sites is 1. The molecule has 1 aliphatic rings. The molecule has 0 unspecified atom stereocenters. The zero-order valence-corrected chi connectivity index (χ0v) is 8.16. The fraction of sp³-hybridized carbons (Fsp3) is 0.333. The van der Waals surface area contributed by atoms with Crippen LogP contribution in [0.15, 0.2) is 30.3 Å². The molecular weight excluding hydrogens is 186 g/mol. The first kappa shape index (κ1) is 8.72. The van der Waals surface area contributed by atoms with E-state index in [9.17, 15) is 4.21 Å². The van der Waals surface area contributed by atoms with Gasteiger partial charge >= 0.3 is 0 Å². The minimum atomic E-state index is -1.31. The number of hydrogen-bond acceptors (Lipinski definition) is 2. The first-order chi connectivity index (χ1) is 6.29. The van der Waals surface area contributed by atoms with Crippen molar-refractivity contribution in [1.29, 1.82) is 0 Å². The molecule has 70 valence electrons. The van der Waals surface area contributed by atoms with Crippen molar-refractivity contribution in [3.05, 3.63) is 30.3 Å². The topological polar surface area (TPSA) is 29.5 Å². The zero-order valence-electron chi connectivity index (χ0n) is 7.34. The van der Waals surface area contributed by atoms with Gasteiger partial charge in [0.25, 0.3) is 11.3 Å². The van der Waals surface area contributed by atoms with Crippen LogP contribution in [0.25, 0.3) is 0 Å². The summed E-state index contributed by atoms with van der Waals surface area (Å²) < 4.78 is 18.2. The molecule has 0 aromatic heterocycles. The van der Waals surface area contributed by atoms with Crippen LogP contribution in [0.1, 0.15) is 6.92 Å². The van der Waals surface area contributed by atoms with E-state index < -0.39 is 11.3 Å². The van der Waals surface area contributed by atoms with Crippen LogP contribution in [0.2, 0.25) is 0 Å². The van der Waals surface area contributed by atoms with Gasteiger partial charge in [0.2, 0.25) is 0 Å². The van der Waals surface area contributed by atoms with Gasteiger partial charge in [-0.1, -0.05) is 18.2 Å². The summed E-state index contributed by atoms with van der Waals surface area (Å²) in [5, 5.41) is 0. The van der Waals surface area contributed by atoms with Gasteiger partial charge in [-0.3, -0.25) is 8.49 Å². The molecule has 1 saturated heterocycles. The maximum Gasteiger partial charge on any atom is 0.264 e. The third-order valence-electron chi connectivity index (χ3n) is 1.98. The van der Waals surface area contributed by atoms with Crippen molar-refractivity contribution in [3.8, 4) is 0 Å². The van der Waals surface area contributed by atoms with Crippen LogP contribution in [0, 0.1) is 0 Å². The van der Waals surface area contributed by atoms with E-state index in [1.54, 1.807) is 4.31 Å². The van der Waals surface area contributed by atoms with Crippen LogP contribution in [0.3, 0.4) is 0 Å². The van der Waals surface area contributed by atoms with Crippen molar-refractivity contribution in [1.82, 2.24) is 0 Å². The predicted octanol–water partition coefficient (Wildman–Crippen LogP) is 1.49. The largest absolute Gasteiger partial charge is 0.272 e. The summed E-state index contributed by atoms with van der Waals surface area (Å²) in [4.78, 5) is 0. The fourth-order valence-electron chi connectivity index (χ4n) is 1.34. The van der Waals surface area contributed by atoms with E-state index in [2.05, 4.69) is 0 Å². The molecule has 0 N–H and O–H groups in total. The summed E-state index contributed by atoms with van der Waals surface area (Å²) in [5.41, 5.74) is 0.950. The lowest BCUT2D eigenvalue weighted by molar-refractivity contribution is 0.366. The highest BCUT2D eigenvalue weighted by atomic mass is 32.2. The quantitative estimate of drug-likeness (QED) is 0.682. The van der Waals surface area contributed by atoms with Gasteiger partial charge in [0.1, 0.15) is 0 Å². The van der Waals surface area contributed by atoms with Gasteiger partial charge in [0.15, 0.2) is 0 Å². The average molecular weight is 197 g/mol. The van der Waals surface area contributed by atoms with Crippen LogP contribution < -0.4 is 4.31 Å². The maximum absolute atomic E-state index is 11.4. The highest BCUT2D eigenvalue weighted by Crippen LogP contribution is 2.23. The van der Waals surface area contributed by atoms with E-state index in [-0.39, 0.29) is 6.04 Å². The Bertz CT molecular complexity index is 315. The van der Waals surface area contributed by atoms with E-state index in [0.29, 0.717) is 6.61 Å². The minimum Gasteiger partial charge on any atom is -0.272 e. The van der Waals surface area contributed by atoms with Gasteiger partial charge in [-0.15, -0.1) is 0 Å². The van der Waals surface area contributed by atoms with Crippen molar-refractivity contribution < 1.29 is 8.39 Å². The summed E-state index contributed by atoms with van der Waals surface area (Å²) in [6.45, 7) is 2.53. The minimum absolute atomic E-state index is 0.184. The van der Waals surface area contributed by atoms with Crippen molar-refractivity contribution >= 4 is 17.0 Å². The van der Waals surface area contributed by atoms with Gasteiger partial charge in [-0.2, -0.15) is 0 Å². The SMILES string of the molecule is C[C@@H]1CO[S@](=O)N1c1ccccc1. The Kier molecular flexibility index (Phi) is 2.33. The summed E-state index contributed by atoms with van der Waals surface area (Å²) in [6.07, 6.45) is 0. The van der Waals surface area contributed by atoms with Crippen molar-refractivity contribution in [2.75, 3.05) is 10.9 Å². The highest BCUT2D eigenvalue weighted by Gasteiger charge is 2.28. The summed E-state index contributed by atoms with van der Waals surface area (Å²) in [7, 11) is 0. The summed E-state index contributed by atoms with van der Waals surface area (Å²) in [5.74, 6) is 0. The van der Waals surface area contributed by atoms with Crippen molar-refractivity contribution in [2.45, 2.75) is 13.0 Å². The molecule has 4 heteroatoms. The van der Waals surface area contributed by atoms with Crippen LogP contribution in [-0.2, 0) is 15.4 Å². The molecular formula is C9H11NO2S. The molecule has 0 radical (unpaired) electrons. The monoisotopic (exact) mass is 197 g/mol. The highest BCUT2D eigenvalue weighted by molar-refractivity contribution is 7.82. The second kappa shape index (κ2) is 3.47. The van der Waals surface area contributed by atoms with E-state index in [4.69, 9.17) is 4.18 Å². The predicted molar refractivity (Wildman–Crippen MR) is 52.5 cm³/mol. The van der Waals surface area contributed by atoms with Gasteiger partial charge < -0.3 is 0 Å². The molecule has 1 aliphatic heterocycles. The number of hydrogen-bond donors (Lipinski definition) is 0. The van der Waals surface area contributed by atoms with Crippen LogP contribution >= 0.6 is 0 Å². The van der Waals surface area contributed by atoms with E-state index in [0.717, 1.165) is 5.69 Å². The summed E-state index contributed by atoms with van der Waals surface area (Å²) >= 11 is -1.31. The van der Waals surface area contributed by atoms with E-state index in [1.165, 1.54) is 0 Å². The third kappa shape index (κ3) is 1.59. The molecule has 1 fully saturated rings. The van der Waals surface area contributed by atoms with Gasteiger partial charge in [-0.25, -0.2) is 4.21 Å². The van der Waals surface area contributed by atoms with Gasteiger partial charge in [0, 0.05) is 0 Å². The Hall–Kier alpha value is -0.870. The van der Waals surface area contributed by atoms with E-state index in [1.807, 2.05) is 37.3 Å². The first-order valence-electron chi connectivity index (χ1n) is 4.18. The maximum atomic E-state index is 11.4. The molecule has 2 atom stereocenters. The average Bonchev–Trinajstić information content (AvgIpc) is 2.48. The standard InChI is InChI=1S/C9H11NO2S/c1-8-7-12-13(11)10(8)9-5-3-2-4-6-9/h2-6,8H,7H2,1H3/t8-,13+/m1/s1. The number of benzene rings is 1. The second-order valence-corrected chi connectivity index (χ2v) is 4.08. The Morgan fingerprint density at radius 3 is 2.69 bits per heavy atom. The zero-order chi connectivity index (χ0) is 9.26. The van der Waals surface area contributed by atoms with E-state index >= 15 is 0 Å².